The molecule has 4 heterocycles. The van der Waals surface area contributed by atoms with Crippen molar-refractivity contribution in [2.75, 3.05) is 0 Å². The second-order valence-corrected chi connectivity index (χ2v) is 13.4. The van der Waals surface area contributed by atoms with Gasteiger partial charge >= 0.3 is 0 Å². The number of nitrogens with one attached hydrogen (secondary N) is 2. The number of para-hydroxylation sites is 1. The van der Waals surface area contributed by atoms with E-state index in [9.17, 15) is 0 Å². The molecule has 7 aromatic carbocycles. The van der Waals surface area contributed by atoms with Crippen LogP contribution in [0.3, 0.4) is 0 Å². The van der Waals surface area contributed by atoms with Crippen LogP contribution in [0.25, 0.3) is 76.5 Å². The van der Waals surface area contributed by atoms with Gasteiger partial charge in [-0.25, -0.2) is 4.99 Å². The summed E-state index contributed by atoms with van der Waals surface area (Å²) in [4.78, 5) is 9.68. The van der Waals surface area contributed by atoms with Gasteiger partial charge in [-0.3, -0.25) is 10.3 Å². The predicted molar refractivity (Wildman–Crippen MR) is 210 cm³/mol. The number of nitrogens with zero attached hydrogens (tertiary/aromatic N) is 2. The Morgan fingerprint density at radius 2 is 1.21 bits per heavy atom. The molecule has 52 heavy (non-hydrogen) atoms. The Hall–Kier alpha value is -6.76. The molecular formula is C46H30N4O2. The quantitative estimate of drug-likeness (QED) is 0.195. The number of amidine groups is 1. The monoisotopic (exact) mass is 670 g/mol. The maximum atomic E-state index is 6.45. The minimum Gasteiger partial charge on any atom is -0.456 e. The molecule has 2 unspecified atom stereocenters. The third-order valence-corrected chi connectivity index (χ3v) is 10.5. The number of hydrogen-bond acceptors (Lipinski definition) is 6. The molecule has 6 heteroatoms. The van der Waals surface area contributed by atoms with Crippen LogP contribution in [0.4, 0.5) is 0 Å². The van der Waals surface area contributed by atoms with Crippen molar-refractivity contribution in [3.8, 4) is 11.1 Å². The summed E-state index contributed by atoms with van der Waals surface area (Å²) < 4.78 is 12.7. The van der Waals surface area contributed by atoms with E-state index in [4.69, 9.17) is 13.8 Å². The second kappa shape index (κ2) is 11.4. The summed E-state index contributed by atoms with van der Waals surface area (Å²) in [5, 5.41) is 16.5. The smallest absolute Gasteiger partial charge is 0.136 e. The Labute approximate surface area is 298 Å². The van der Waals surface area contributed by atoms with Crippen molar-refractivity contribution in [3.05, 3.63) is 175 Å². The molecule has 0 amide bonds. The molecule has 2 atom stereocenters. The first-order valence-corrected chi connectivity index (χ1v) is 17.5. The van der Waals surface area contributed by atoms with E-state index in [2.05, 4.69) is 131 Å². The van der Waals surface area contributed by atoms with Crippen LogP contribution >= 0.6 is 0 Å². The summed E-state index contributed by atoms with van der Waals surface area (Å²) in [7, 11) is 0. The van der Waals surface area contributed by atoms with Crippen LogP contribution in [0.5, 0.6) is 0 Å². The maximum Gasteiger partial charge on any atom is 0.136 e. The third kappa shape index (κ3) is 4.48. The van der Waals surface area contributed by atoms with E-state index < -0.39 is 0 Å². The van der Waals surface area contributed by atoms with Crippen molar-refractivity contribution in [1.29, 1.82) is 0 Å². The largest absolute Gasteiger partial charge is 0.456 e. The summed E-state index contributed by atoms with van der Waals surface area (Å²) in [5.74, 6) is 0.837. The average Bonchev–Trinajstić information content (AvgIpc) is 3.77. The Morgan fingerprint density at radius 3 is 2.15 bits per heavy atom. The molecule has 0 spiro atoms. The number of hydrogen-bond donors (Lipinski definition) is 2. The molecule has 0 radical (unpaired) electrons. The summed E-state index contributed by atoms with van der Waals surface area (Å²) in [6, 6.07) is 50.7. The van der Waals surface area contributed by atoms with Gasteiger partial charge in [0, 0.05) is 50.5 Å². The maximum absolute atomic E-state index is 6.45. The standard InChI is InChI=1S/C46H30N4O2/c1-2-10-27(11-3-1)44-48-45(50-46(49-44)36-18-9-21-40-43(36)35-12-4-5-19-38(35)51-40)34-17-7-13-30-31(14-6-15-32(30)34)33-16-8-20-39-42(33)37-24-29-26-47-23-22-28(29)25-41(37)52-39/h1-26,45-46,50H,(H,48,49). The van der Waals surface area contributed by atoms with Crippen molar-refractivity contribution in [2.24, 2.45) is 4.99 Å². The van der Waals surface area contributed by atoms with E-state index in [0.29, 0.717) is 0 Å². The molecule has 0 saturated carbocycles. The molecule has 1 aliphatic rings. The molecule has 3 aromatic heterocycles. The van der Waals surface area contributed by atoms with Crippen LogP contribution in [-0.2, 0) is 0 Å². The molecule has 0 aliphatic carbocycles. The minimum absolute atomic E-state index is 0.241. The van der Waals surface area contributed by atoms with Gasteiger partial charge in [-0.2, -0.15) is 0 Å². The fraction of sp³-hybridized carbons (Fsp3) is 0.0435. The zero-order chi connectivity index (χ0) is 34.2. The Balaban J connectivity index is 1.08. The Bertz CT molecular complexity index is 3050. The van der Waals surface area contributed by atoms with Crippen LogP contribution in [-0.4, -0.2) is 10.8 Å². The molecule has 0 saturated heterocycles. The van der Waals surface area contributed by atoms with Gasteiger partial charge in [0.2, 0.25) is 0 Å². The number of furan rings is 2. The fourth-order valence-electron chi connectivity index (χ4n) is 8.10. The van der Waals surface area contributed by atoms with Gasteiger partial charge < -0.3 is 14.2 Å². The summed E-state index contributed by atoms with van der Waals surface area (Å²) in [6.45, 7) is 0. The lowest BCUT2D eigenvalue weighted by Crippen LogP contribution is -2.45. The van der Waals surface area contributed by atoms with E-state index in [1.165, 1.54) is 0 Å². The van der Waals surface area contributed by atoms with Crippen molar-refractivity contribution in [1.82, 2.24) is 15.6 Å². The van der Waals surface area contributed by atoms with Crippen LogP contribution in [0, 0.1) is 0 Å². The molecular weight excluding hydrogens is 641 g/mol. The molecule has 6 nitrogen and oxygen atoms in total. The SMILES string of the molecule is c1ccc(C2=NC(c3cccc4oc5ccccc5c34)NC(c3cccc4c(-c5cccc6oc7cc8ccncc8cc7c56)cccc34)N2)cc1. The van der Waals surface area contributed by atoms with E-state index in [-0.39, 0.29) is 12.3 Å². The average molecular weight is 671 g/mol. The zero-order valence-electron chi connectivity index (χ0n) is 27.9. The van der Waals surface area contributed by atoms with Gasteiger partial charge in [-0.15, -0.1) is 0 Å². The number of aliphatic imine (C=N–C) groups is 1. The van der Waals surface area contributed by atoms with Crippen LogP contribution in [0.1, 0.15) is 29.0 Å². The normalized spacial score (nSPS) is 16.3. The lowest BCUT2D eigenvalue weighted by Gasteiger charge is -2.33. The Morgan fingerprint density at radius 1 is 0.500 bits per heavy atom. The molecule has 11 rings (SSSR count). The number of fused-ring (bicyclic) bond motifs is 8. The number of benzene rings is 7. The van der Waals surface area contributed by atoms with Gasteiger partial charge in [-0.05, 0) is 69.2 Å². The first-order valence-electron chi connectivity index (χ1n) is 17.5. The predicted octanol–water partition coefficient (Wildman–Crippen LogP) is 11.2. The van der Waals surface area contributed by atoms with Gasteiger partial charge in [0.1, 0.15) is 40.5 Å². The first-order chi connectivity index (χ1) is 25.8. The van der Waals surface area contributed by atoms with Crippen LogP contribution in [0.15, 0.2) is 172 Å². The summed E-state index contributed by atoms with van der Waals surface area (Å²) in [5.41, 5.74) is 8.99. The van der Waals surface area contributed by atoms with E-state index in [0.717, 1.165) is 99.1 Å². The highest BCUT2D eigenvalue weighted by Crippen LogP contribution is 2.42. The van der Waals surface area contributed by atoms with Gasteiger partial charge in [0.25, 0.3) is 0 Å². The first kappa shape index (κ1) is 29.0. The zero-order valence-corrected chi connectivity index (χ0v) is 27.9. The molecule has 1 aliphatic heterocycles. The number of pyridine rings is 1. The molecule has 0 bridgehead atoms. The van der Waals surface area contributed by atoms with Crippen LogP contribution < -0.4 is 10.6 Å². The second-order valence-electron chi connectivity index (χ2n) is 13.4. The Kier molecular flexibility index (Phi) is 6.35. The molecule has 10 aromatic rings. The lowest BCUT2D eigenvalue weighted by molar-refractivity contribution is 0.412. The van der Waals surface area contributed by atoms with E-state index in [1.54, 1.807) is 0 Å². The topological polar surface area (TPSA) is 75.6 Å². The number of rotatable bonds is 4. The highest BCUT2D eigenvalue weighted by Gasteiger charge is 2.29. The third-order valence-electron chi connectivity index (χ3n) is 10.5. The number of aromatic nitrogens is 1. The van der Waals surface area contributed by atoms with E-state index in [1.807, 2.05) is 42.7 Å². The summed E-state index contributed by atoms with van der Waals surface area (Å²) in [6.07, 6.45) is 3.16. The van der Waals surface area contributed by atoms with Crippen molar-refractivity contribution >= 4 is 71.3 Å². The molecule has 2 N–H and O–H groups in total. The van der Waals surface area contributed by atoms with Crippen molar-refractivity contribution in [3.63, 3.8) is 0 Å². The highest BCUT2D eigenvalue weighted by molar-refractivity contribution is 6.18. The van der Waals surface area contributed by atoms with Gasteiger partial charge in [0.05, 0.1) is 0 Å². The molecule has 0 fully saturated rings. The van der Waals surface area contributed by atoms with Crippen LogP contribution in [0.2, 0.25) is 0 Å². The molecule has 246 valence electrons. The lowest BCUT2D eigenvalue weighted by atomic mass is 9.92. The van der Waals surface area contributed by atoms with Gasteiger partial charge in [0.15, 0.2) is 0 Å². The van der Waals surface area contributed by atoms with Crippen molar-refractivity contribution < 1.29 is 8.83 Å². The van der Waals surface area contributed by atoms with E-state index >= 15 is 0 Å². The highest BCUT2D eigenvalue weighted by atomic mass is 16.3. The van der Waals surface area contributed by atoms with Crippen molar-refractivity contribution in [2.45, 2.75) is 12.3 Å². The van der Waals surface area contributed by atoms with Gasteiger partial charge in [-0.1, -0.05) is 109 Å². The summed E-state index contributed by atoms with van der Waals surface area (Å²) >= 11 is 0. The minimum atomic E-state index is -0.333. The fourth-order valence-corrected chi connectivity index (χ4v) is 8.10.